The highest BCUT2D eigenvalue weighted by molar-refractivity contribution is 5.42. The molecule has 2 N–H and O–H groups in total. The molecule has 0 saturated heterocycles. The predicted molar refractivity (Wildman–Crippen MR) is 66.3 cm³/mol. The summed E-state index contributed by atoms with van der Waals surface area (Å²) < 4.78 is 1.88. The van der Waals surface area contributed by atoms with Crippen molar-refractivity contribution in [3.8, 4) is 0 Å². The van der Waals surface area contributed by atoms with E-state index in [-0.39, 0.29) is 0 Å². The van der Waals surface area contributed by atoms with Crippen LogP contribution in [0.2, 0.25) is 0 Å². The number of nitrogen functional groups attached to an aromatic ring is 1. The van der Waals surface area contributed by atoms with Gasteiger partial charge in [-0.25, -0.2) is 4.68 Å². The average Bonchev–Trinajstić information content (AvgIpc) is 2.58. The Morgan fingerprint density at radius 3 is 2.50 bits per heavy atom. The van der Waals surface area contributed by atoms with Crippen molar-refractivity contribution in [1.29, 1.82) is 0 Å². The summed E-state index contributed by atoms with van der Waals surface area (Å²) in [6.45, 7) is 4.87. The first kappa shape index (κ1) is 10.7. The molecule has 1 heterocycles. The second-order valence-corrected chi connectivity index (χ2v) is 3.95. The molecule has 16 heavy (non-hydrogen) atoms. The highest BCUT2D eigenvalue weighted by Gasteiger charge is 2.09. The predicted octanol–water partition coefficient (Wildman–Crippen LogP) is 2.38. The summed E-state index contributed by atoms with van der Waals surface area (Å²) in [6.07, 6.45) is 0.928. The fourth-order valence-electron chi connectivity index (χ4n) is 1.83. The van der Waals surface area contributed by atoms with Crippen LogP contribution in [0.1, 0.15) is 23.7 Å². The molecule has 0 radical (unpaired) electrons. The van der Waals surface area contributed by atoms with Gasteiger partial charge in [0, 0.05) is 5.56 Å². The lowest BCUT2D eigenvalue weighted by molar-refractivity contribution is 0.683. The van der Waals surface area contributed by atoms with E-state index in [1.165, 1.54) is 5.56 Å². The molecule has 2 aromatic rings. The lowest BCUT2D eigenvalue weighted by Gasteiger charge is -2.04. The van der Waals surface area contributed by atoms with Crippen LogP contribution >= 0.6 is 0 Å². The molecule has 0 aliphatic carbocycles. The van der Waals surface area contributed by atoms with Crippen molar-refractivity contribution in [3.05, 3.63) is 47.2 Å². The normalized spacial score (nSPS) is 10.6. The molecule has 0 atom stereocenters. The number of nitrogens with zero attached hydrogens (tertiary/aromatic N) is 2. The van der Waals surface area contributed by atoms with E-state index in [1.807, 2.05) is 29.8 Å². The van der Waals surface area contributed by atoms with E-state index in [0.717, 1.165) is 30.0 Å². The highest BCUT2D eigenvalue weighted by atomic mass is 15.3. The lowest BCUT2D eigenvalue weighted by Crippen LogP contribution is -2.06. The van der Waals surface area contributed by atoms with Crippen molar-refractivity contribution in [3.63, 3.8) is 0 Å². The third-order valence-electron chi connectivity index (χ3n) is 2.85. The summed E-state index contributed by atoms with van der Waals surface area (Å²) in [5.41, 5.74) is 9.45. The zero-order chi connectivity index (χ0) is 11.5. The Bertz CT molecular complexity index is 471. The van der Waals surface area contributed by atoms with Crippen molar-refractivity contribution in [2.45, 2.75) is 26.8 Å². The molecule has 0 saturated carbocycles. The monoisotopic (exact) mass is 215 g/mol. The second kappa shape index (κ2) is 4.39. The second-order valence-electron chi connectivity index (χ2n) is 3.95. The van der Waals surface area contributed by atoms with Gasteiger partial charge in [0.15, 0.2) is 0 Å². The van der Waals surface area contributed by atoms with Gasteiger partial charge in [-0.15, -0.1) is 0 Å². The van der Waals surface area contributed by atoms with E-state index in [4.69, 9.17) is 5.73 Å². The summed E-state index contributed by atoms with van der Waals surface area (Å²) in [4.78, 5) is 0. The molecule has 0 unspecified atom stereocenters. The molecule has 1 aromatic carbocycles. The van der Waals surface area contributed by atoms with Crippen LogP contribution in [0.4, 0.5) is 5.82 Å². The molecule has 0 aliphatic rings. The van der Waals surface area contributed by atoms with E-state index < -0.39 is 0 Å². The topological polar surface area (TPSA) is 43.8 Å². The number of aromatic nitrogens is 2. The first-order valence-electron chi connectivity index (χ1n) is 5.58. The first-order valence-corrected chi connectivity index (χ1v) is 5.58. The van der Waals surface area contributed by atoms with Crippen molar-refractivity contribution < 1.29 is 0 Å². The molecular formula is C13H17N3. The lowest BCUT2D eigenvalue weighted by atomic mass is 10.2. The fourth-order valence-corrected chi connectivity index (χ4v) is 1.83. The van der Waals surface area contributed by atoms with Gasteiger partial charge in [-0.1, -0.05) is 37.3 Å². The van der Waals surface area contributed by atoms with Crippen molar-refractivity contribution in [2.24, 2.45) is 0 Å². The summed E-state index contributed by atoms with van der Waals surface area (Å²) >= 11 is 0. The molecule has 0 amide bonds. The number of anilines is 1. The van der Waals surface area contributed by atoms with Crippen LogP contribution in [0.3, 0.4) is 0 Å². The van der Waals surface area contributed by atoms with E-state index >= 15 is 0 Å². The van der Waals surface area contributed by atoms with Crippen LogP contribution in [-0.4, -0.2) is 9.78 Å². The molecule has 0 aliphatic heterocycles. The number of hydrogen-bond donors (Lipinski definition) is 1. The summed E-state index contributed by atoms with van der Waals surface area (Å²) in [7, 11) is 0. The van der Waals surface area contributed by atoms with Gasteiger partial charge in [-0.3, -0.25) is 0 Å². The van der Waals surface area contributed by atoms with Gasteiger partial charge in [0.25, 0.3) is 0 Å². The summed E-state index contributed by atoms with van der Waals surface area (Å²) in [5, 5.41) is 4.51. The number of nitrogens with two attached hydrogens (primary N) is 1. The van der Waals surface area contributed by atoms with E-state index in [9.17, 15) is 0 Å². The summed E-state index contributed by atoms with van der Waals surface area (Å²) in [5.74, 6) is 0.778. The zero-order valence-corrected chi connectivity index (χ0v) is 9.77. The minimum Gasteiger partial charge on any atom is -0.384 e. The molecule has 0 spiro atoms. The van der Waals surface area contributed by atoms with Crippen molar-refractivity contribution in [2.75, 3.05) is 5.73 Å². The quantitative estimate of drug-likeness (QED) is 0.854. The Balaban J connectivity index is 2.29. The Morgan fingerprint density at radius 2 is 1.94 bits per heavy atom. The molecular weight excluding hydrogens is 198 g/mol. The zero-order valence-electron chi connectivity index (χ0n) is 9.77. The fraction of sp³-hybridized carbons (Fsp3) is 0.308. The standard InChI is InChI=1S/C13H17N3/c1-3-12-10(2)13(14)16(15-12)9-11-7-5-4-6-8-11/h4-8H,3,9,14H2,1-2H3. The average molecular weight is 215 g/mol. The van der Waals surface area contributed by atoms with Crippen LogP contribution in [0.15, 0.2) is 30.3 Å². The van der Waals surface area contributed by atoms with Gasteiger partial charge >= 0.3 is 0 Å². The van der Waals surface area contributed by atoms with E-state index in [1.54, 1.807) is 0 Å². The van der Waals surface area contributed by atoms with Gasteiger partial charge in [0.1, 0.15) is 5.82 Å². The Hall–Kier alpha value is -1.77. The van der Waals surface area contributed by atoms with Crippen LogP contribution in [0.25, 0.3) is 0 Å². The minimum atomic E-state index is 0.744. The van der Waals surface area contributed by atoms with Crippen molar-refractivity contribution >= 4 is 5.82 Å². The Labute approximate surface area is 95.9 Å². The van der Waals surface area contributed by atoms with Crippen LogP contribution < -0.4 is 5.73 Å². The number of aryl methyl sites for hydroxylation is 1. The van der Waals surface area contributed by atoms with Crippen LogP contribution in [0.5, 0.6) is 0 Å². The molecule has 3 nitrogen and oxygen atoms in total. The molecule has 3 heteroatoms. The van der Waals surface area contributed by atoms with Crippen LogP contribution in [0, 0.1) is 6.92 Å². The minimum absolute atomic E-state index is 0.744. The van der Waals surface area contributed by atoms with Crippen LogP contribution in [-0.2, 0) is 13.0 Å². The van der Waals surface area contributed by atoms with Crippen molar-refractivity contribution in [1.82, 2.24) is 9.78 Å². The van der Waals surface area contributed by atoms with E-state index in [2.05, 4.69) is 24.2 Å². The van der Waals surface area contributed by atoms with Gasteiger partial charge in [0.2, 0.25) is 0 Å². The largest absolute Gasteiger partial charge is 0.384 e. The Morgan fingerprint density at radius 1 is 1.25 bits per heavy atom. The highest BCUT2D eigenvalue weighted by Crippen LogP contribution is 2.17. The maximum Gasteiger partial charge on any atom is 0.125 e. The number of benzene rings is 1. The number of hydrogen-bond acceptors (Lipinski definition) is 2. The smallest absolute Gasteiger partial charge is 0.125 e. The van der Waals surface area contributed by atoms with Gasteiger partial charge in [-0.05, 0) is 18.9 Å². The maximum atomic E-state index is 6.03. The van der Waals surface area contributed by atoms with E-state index in [0.29, 0.717) is 0 Å². The molecule has 0 bridgehead atoms. The third kappa shape index (κ3) is 1.94. The molecule has 1 aromatic heterocycles. The van der Waals surface area contributed by atoms with Gasteiger partial charge < -0.3 is 5.73 Å². The third-order valence-corrected chi connectivity index (χ3v) is 2.85. The molecule has 2 rings (SSSR count). The maximum absolute atomic E-state index is 6.03. The Kier molecular flexibility index (Phi) is 2.95. The van der Waals surface area contributed by atoms with Gasteiger partial charge in [-0.2, -0.15) is 5.10 Å². The SMILES string of the molecule is CCc1nn(Cc2ccccc2)c(N)c1C. The first-order chi connectivity index (χ1) is 7.72. The molecule has 0 fully saturated rings. The molecule has 84 valence electrons. The summed E-state index contributed by atoms with van der Waals surface area (Å²) in [6, 6.07) is 10.2. The van der Waals surface area contributed by atoms with Gasteiger partial charge in [0.05, 0.1) is 12.2 Å². The number of rotatable bonds is 3.